The number of carbonyl (C=O) groups is 1. The summed E-state index contributed by atoms with van der Waals surface area (Å²) < 4.78 is 23.4. The average Bonchev–Trinajstić information content (AvgIpc) is 3.17. The molecule has 1 aromatic rings. The first-order valence-corrected chi connectivity index (χ1v) is 13.5. The molecule has 0 bridgehead atoms. The number of ketones is 1. The molecule has 0 aliphatic heterocycles. The summed E-state index contributed by atoms with van der Waals surface area (Å²) in [5, 5.41) is 11.0. The molecule has 0 aliphatic carbocycles. The number of nitro groups is 1. The van der Waals surface area contributed by atoms with Gasteiger partial charge in [-0.3, -0.25) is 24.0 Å². The molecular weight excluding hydrogens is 519 g/mol. The van der Waals surface area contributed by atoms with Gasteiger partial charge in [0.2, 0.25) is 0 Å². The zero-order valence-electron chi connectivity index (χ0n) is 16.3. The number of rotatable bonds is 16. The third kappa shape index (κ3) is 8.19. The molecule has 1 unspecified atom stereocenters. The van der Waals surface area contributed by atoms with Gasteiger partial charge in [-0.05, 0) is 13.0 Å². The summed E-state index contributed by atoms with van der Waals surface area (Å²) >= 11 is 24.5. The number of Topliss-reactive ketones (excluding diaryl/α,β-unsaturated/α-hetero) is 1. The van der Waals surface area contributed by atoms with Gasteiger partial charge in [-0.1, -0.05) is 11.3 Å². The lowest BCUT2D eigenvalue weighted by atomic mass is 10.2. The standard InChI is InChI=1S/C16H24Cl4N3O5PS/c1-13(24)12-14(15-2-3-16(30-15)23(25)26)28-29(27,21(8-4-17)9-5-18)22(10-6-19)11-7-20/h2-3,14H,4-12H2,1H3. The van der Waals surface area contributed by atoms with Crippen molar-refractivity contribution in [2.75, 3.05) is 49.7 Å². The van der Waals surface area contributed by atoms with Gasteiger partial charge in [0.25, 0.3) is 0 Å². The summed E-state index contributed by atoms with van der Waals surface area (Å²) in [6.45, 7) is 2.22. The normalized spacial score (nSPS) is 13.2. The minimum Gasteiger partial charge on any atom is -0.300 e. The molecule has 0 N–H and O–H groups in total. The number of carbonyl (C=O) groups excluding carboxylic acids is 1. The maximum Gasteiger partial charge on any atom is 0.346 e. The SMILES string of the molecule is CC(=O)CC(OP(=O)(N(CCCl)CCCl)N(CCCl)CCCl)c1ccc([N+](=O)[O-])s1. The van der Waals surface area contributed by atoms with E-state index in [2.05, 4.69) is 0 Å². The van der Waals surface area contributed by atoms with Crippen LogP contribution in [0.5, 0.6) is 0 Å². The minimum absolute atomic E-state index is 0.103. The topological polar surface area (TPSA) is 93.0 Å². The summed E-state index contributed by atoms with van der Waals surface area (Å²) in [4.78, 5) is 22.9. The molecule has 172 valence electrons. The molecule has 14 heteroatoms. The fourth-order valence-corrected chi connectivity index (χ4v) is 7.43. The van der Waals surface area contributed by atoms with Crippen LogP contribution in [0.3, 0.4) is 0 Å². The molecule has 0 saturated carbocycles. The van der Waals surface area contributed by atoms with E-state index in [9.17, 15) is 19.5 Å². The molecule has 30 heavy (non-hydrogen) atoms. The minimum atomic E-state index is -3.78. The highest BCUT2D eigenvalue weighted by atomic mass is 35.5. The van der Waals surface area contributed by atoms with Crippen LogP contribution in [0, 0.1) is 10.1 Å². The third-order valence-electron chi connectivity index (χ3n) is 3.93. The Labute approximate surface area is 200 Å². The van der Waals surface area contributed by atoms with Gasteiger partial charge in [0.05, 0.1) is 4.92 Å². The van der Waals surface area contributed by atoms with E-state index in [1.165, 1.54) is 28.4 Å². The van der Waals surface area contributed by atoms with Crippen LogP contribution < -0.4 is 0 Å². The Morgan fingerprint density at radius 3 is 1.90 bits per heavy atom. The zero-order valence-corrected chi connectivity index (χ0v) is 21.1. The maximum absolute atomic E-state index is 14.2. The van der Waals surface area contributed by atoms with E-state index in [0.717, 1.165) is 11.3 Å². The van der Waals surface area contributed by atoms with Gasteiger partial charge < -0.3 is 0 Å². The van der Waals surface area contributed by atoms with E-state index in [-0.39, 0.29) is 66.9 Å². The molecule has 0 saturated heterocycles. The van der Waals surface area contributed by atoms with Gasteiger partial charge >= 0.3 is 12.7 Å². The number of halogens is 4. The largest absolute Gasteiger partial charge is 0.346 e. The highest BCUT2D eigenvalue weighted by Crippen LogP contribution is 2.58. The quantitative estimate of drug-likeness (QED) is 0.120. The number of hydrogen-bond acceptors (Lipinski definition) is 6. The van der Waals surface area contributed by atoms with Crippen LogP contribution in [-0.4, -0.2) is 69.7 Å². The molecule has 1 rings (SSSR count). The van der Waals surface area contributed by atoms with Crippen molar-refractivity contribution >= 4 is 76.2 Å². The summed E-state index contributed by atoms with van der Waals surface area (Å²) in [6.07, 6.45) is -1.05. The molecular formula is C16H24Cl4N3O5PS. The van der Waals surface area contributed by atoms with Crippen LogP contribution in [0.2, 0.25) is 0 Å². The predicted molar refractivity (Wildman–Crippen MR) is 124 cm³/mol. The summed E-state index contributed by atoms with van der Waals surface area (Å²) in [5.74, 6) is 0.456. The molecule has 0 amide bonds. The van der Waals surface area contributed by atoms with Crippen LogP contribution in [0.15, 0.2) is 12.1 Å². The van der Waals surface area contributed by atoms with Crippen molar-refractivity contribution in [3.63, 3.8) is 0 Å². The van der Waals surface area contributed by atoms with Gasteiger partial charge in [-0.2, -0.15) is 0 Å². The number of hydrogen-bond donors (Lipinski definition) is 0. The lowest BCUT2D eigenvalue weighted by molar-refractivity contribution is -0.380. The highest BCUT2D eigenvalue weighted by Gasteiger charge is 2.41. The van der Waals surface area contributed by atoms with Gasteiger partial charge in [0.15, 0.2) is 0 Å². The van der Waals surface area contributed by atoms with E-state index < -0.39 is 18.7 Å². The molecule has 1 atom stereocenters. The van der Waals surface area contributed by atoms with Gasteiger partial charge in [-0.25, -0.2) is 9.34 Å². The molecule has 0 fully saturated rings. The van der Waals surface area contributed by atoms with E-state index in [4.69, 9.17) is 50.9 Å². The van der Waals surface area contributed by atoms with Crippen molar-refractivity contribution < 1.29 is 18.8 Å². The van der Waals surface area contributed by atoms with Crippen molar-refractivity contribution in [2.24, 2.45) is 0 Å². The van der Waals surface area contributed by atoms with Crippen LogP contribution in [0.25, 0.3) is 0 Å². The Morgan fingerprint density at radius 1 is 1.10 bits per heavy atom. The number of nitrogens with zero attached hydrogens (tertiary/aromatic N) is 3. The second-order valence-corrected chi connectivity index (χ2v) is 11.0. The molecule has 0 aromatic carbocycles. The van der Waals surface area contributed by atoms with Crippen molar-refractivity contribution in [1.82, 2.24) is 9.34 Å². The molecule has 1 aromatic heterocycles. The molecule has 8 nitrogen and oxygen atoms in total. The Bertz CT molecular complexity index is 709. The summed E-state index contributed by atoms with van der Waals surface area (Å²) in [6, 6.07) is 2.83. The third-order valence-corrected chi connectivity index (χ3v) is 8.50. The number of alkyl halides is 4. The van der Waals surface area contributed by atoms with Crippen LogP contribution in [0.1, 0.15) is 24.3 Å². The Balaban J connectivity index is 3.42. The lowest BCUT2D eigenvalue weighted by Crippen LogP contribution is -2.38. The lowest BCUT2D eigenvalue weighted by Gasteiger charge is -2.39. The van der Waals surface area contributed by atoms with Gasteiger partial charge in [0.1, 0.15) is 11.9 Å². The molecule has 0 radical (unpaired) electrons. The first-order valence-electron chi connectivity index (χ1n) is 9.00. The van der Waals surface area contributed by atoms with E-state index in [1.807, 2.05) is 0 Å². The molecule has 0 spiro atoms. The van der Waals surface area contributed by atoms with Crippen molar-refractivity contribution in [2.45, 2.75) is 19.4 Å². The fourth-order valence-electron chi connectivity index (χ4n) is 2.66. The van der Waals surface area contributed by atoms with E-state index in [1.54, 1.807) is 0 Å². The average molecular weight is 543 g/mol. The van der Waals surface area contributed by atoms with E-state index >= 15 is 0 Å². The number of thiophene rings is 1. The Hall–Kier alpha value is 0.0400. The Kier molecular flexibility index (Phi) is 13.3. The van der Waals surface area contributed by atoms with Crippen molar-refractivity contribution in [3.05, 3.63) is 27.1 Å². The maximum atomic E-state index is 14.2. The van der Waals surface area contributed by atoms with E-state index in [0.29, 0.717) is 4.88 Å². The second-order valence-electron chi connectivity index (χ2n) is 6.09. The van der Waals surface area contributed by atoms with Crippen molar-refractivity contribution in [3.8, 4) is 0 Å². The zero-order chi connectivity index (χ0) is 22.7. The van der Waals surface area contributed by atoms with Crippen LogP contribution >= 0.6 is 65.4 Å². The second kappa shape index (κ2) is 14.2. The Morgan fingerprint density at radius 2 is 1.57 bits per heavy atom. The monoisotopic (exact) mass is 541 g/mol. The molecule has 0 aliphatic rings. The van der Waals surface area contributed by atoms with Gasteiger partial charge in [0, 0.05) is 67.1 Å². The van der Waals surface area contributed by atoms with Crippen LogP contribution in [-0.2, 0) is 13.9 Å². The smallest absolute Gasteiger partial charge is 0.300 e. The summed E-state index contributed by atoms with van der Waals surface area (Å²) in [5.41, 5.74) is 0. The predicted octanol–water partition coefficient (Wildman–Crippen LogP) is 5.36. The van der Waals surface area contributed by atoms with Crippen molar-refractivity contribution in [1.29, 1.82) is 0 Å². The van der Waals surface area contributed by atoms with Crippen LogP contribution in [0.4, 0.5) is 5.00 Å². The highest BCUT2D eigenvalue weighted by molar-refractivity contribution is 7.54. The van der Waals surface area contributed by atoms with Gasteiger partial charge in [-0.15, -0.1) is 46.4 Å². The molecule has 1 heterocycles. The first kappa shape index (κ1) is 28.1. The fraction of sp³-hybridized carbons (Fsp3) is 0.688. The first-order chi connectivity index (χ1) is 14.2. The summed E-state index contributed by atoms with van der Waals surface area (Å²) in [7, 11) is -3.78.